The van der Waals surface area contributed by atoms with E-state index in [4.69, 9.17) is 46.4 Å². The van der Waals surface area contributed by atoms with Gasteiger partial charge in [0.15, 0.2) is 10.3 Å². The summed E-state index contributed by atoms with van der Waals surface area (Å²) in [7, 11) is 0. The van der Waals surface area contributed by atoms with Crippen LogP contribution in [0.25, 0.3) is 0 Å². The first-order valence-electron chi connectivity index (χ1n) is 10.1. The lowest BCUT2D eigenvalue weighted by molar-refractivity contribution is 0.459. The molecule has 1 atom stereocenters. The van der Waals surface area contributed by atoms with Crippen molar-refractivity contribution in [2.75, 3.05) is 5.32 Å². The van der Waals surface area contributed by atoms with E-state index < -0.39 is 5.54 Å². The van der Waals surface area contributed by atoms with Gasteiger partial charge in [0.1, 0.15) is 5.54 Å². The van der Waals surface area contributed by atoms with E-state index in [-0.39, 0.29) is 11.9 Å². The van der Waals surface area contributed by atoms with Crippen molar-refractivity contribution in [1.29, 1.82) is 5.26 Å². The van der Waals surface area contributed by atoms with E-state index in [1.165, 1.54) is 23.5 Å². The van der Waals surface area contributed by atoms with Crippen molar-refractivity contribution in [2.24, 2.45) is 5.92 Å². The third-order valence-corrected chi connectivity index (χ3v) is 8.69. The van der Waals surface area contributed by atoms with Gasteiger partial charge in [-0.05, 0) is 85.6 Å². The lowest BCUT2D eigenvalue weighted by atomic mass is 9.90. The molecule has 0 fully saturated rings. The minimum atomic E-state index is -0.881. The zero-order valence-electron chi connectivity index (χ0n) is 19.0. The molecule has 0 spiro atoms. The number of rotatable bonds is 7. The molecule has 1 heterocycles. The van der Waals surface area contributed by atoms with Gasteiger partial charge in [0.05, 0.1) is 16.1 Å². The number of benzene rings is 2. The molecule has 0 amide bonds. The molecule has 5 nitrogen and oxygen atoms in total. The zero-order chi connectivity index (χ0) is 25.2. The molecule has 3 rings (SSSR count). The van der Waals surface area contributed by atoms with E-state index >= 15 is 0 Å². The maximum absolute atomic E-state index is 9.76. The lowest BCUT2D eigenvalue weighted by Crippen LogP contribution is -2.39. The van der Waals surface area contributed by atoms with Crippen molar-refractivity contribution in [1.82, 2.24) is 15.0 Å². The van der Waals surface area contributed by atoms with Crippen LogP contribution < -0.4 is 5.32 Å². The zero-order valence-corrected chi connectivity index (χ0v) is 23.7. The topological polar surface area (TPSA) is 74.5 Å². The van der Waals surface area contributed by atoms with Gasteiger partial charge in [-0.1, -0.05) is 60.3 Å². The van der Waals surface area contributed by atoms with Gasteiger partial charge in [-0.25, -0.2) is 0 Å². The van der Waals surface area contributed by atoms with E-state index in [1.807, 2.05) is 39.8 Å². The molecule has 0 saturated heterocycles. The van der Waals surface area contributed by atoms with Crippen LogP contribution in [0, 0.1) is 31.1 Å². The van der Waals surface area contributed by atoms with Gasteiger partial charge in [0, 0.05) is 19.8 Å². The van der Waals surface area contributed by atoms with Crippen molar-refractivity contribution in [3.05, 3.63) is 55.5 Å². The fourth-order valence-electron chi connectivity index (χ4n) is 2.63. The number of nitrogens with zero attached hydrogens (tertiary/aromatic N) is 4. The number of aromatic nitrogens is 3. The van der Waals surface area contributed by atoms with Gasteiger partial charge in [0.25, 0.3) is 0 Å². The summed E-state index contributed by atoms with van der Waals surface area (Å²) < 4.78 is 0. The van der Waals surface area contributed by atoms with E-state index in [0.717, 1.165) is 20.9 Å². The second kappa shape index (κ2) is 11.1. The number of hydrogen-bond acceptors (Lipinski definition) is 7. The Labute approximate surface area is 228 Å². The van der Waals surface area contributed by atoms with Crippen LogP contribution >= 0.6 is 69.9 Å². The Morgan fingerprint density at radius 3 is 1.65 bits per heavy atom. The Kier molecular flexibility index (Phi) is 8.89. The molecule has 0 radical (unpaired) electrons. The predicted octanol–water partition coefficient (Wildman–Crippen LogP) is 8.75. The van der Waals surface area contributed by atoms with Crippen LogP contribution in [0.5, 0.6) is 0 Å². The van der Waals surface area contributed by atoms with Crippen molar-refractivity contribution in [2.45, 2.75) is 60.3 Å². The molecule has 0 aliphatic carbocycles. The average Bonchev–Trinajstić information content (AvgIpc) is 2.75. The number of nitriles is 1. The number of aryl methyl sites for hydroxylation is 2. The van der Waals surface area contributed by atoms with Crippen LogP contribution in [0.4, 0.5) is 5.95 Å². The van der Waals surface area contributed by atoms with Crippen LogP contribution in [0.3, 0.4) is 0 Å². The van der Waals surface area contributed by atoms with Crippen molar-refractivity contribution in [3.63, 3.8) is 0 Å². The van der Waals surface area contributed by atoms with Crippen LogP contribution in [0.1, 0.15) is 31.9 Å². The molecule has 178 valence electrons. The van der Waals surface area contributed by atoms with Gasteiger partial charge in [-0.3, -0.25) is 0 Å². The molecule has 2 aromatic carbocycles. The first-order valence-corrected chi connectivity index (χ1v) is 13.3. The van der Waals surface area contributed by atoms with Gasteiger partial charge < -0.3 is 5.32 Å². The maximum Gasteiger partial charge on any atom is 0.228 e. The summed E-state index contributed by atoms with van der Waals surface area (Å²) >= 11 is 27.8. The molecular weight excluding hydrogens is 552 g/mol. The van der Waals surface area contributed by atoms with E-state index in [0.29, 0.717) is 30.4 Å². The number of anilines is 1. The third-order valence-electron chi connectivity index (χ3n) is 5.18. The van der Waals surface area contributed by atoms with Crippen molar-refractivity contribution >= 4 is 75.9 Å². The summed E-state index contributed by atoms with van der Waals surface area (Å²) in [4.78, 5) is 15.2. The predicted molar refractivity (Wildman–Crippen MR) is 143 cm³/mol. The minimum Gasteiger partial charge on any atom is -0.336 e. The second-order valence-corrected chi connectivity index (χ2v) is 11.7. The molecule has 0 aliphatic rings. The fraction of sp³-hybridized carbons (Fsp3) is 0.304. The molecule has 1 N–H and O–H groups in total. The Hall–Kier alpha value is -1.40. The summed E-state index contributed by atoms with van der Waals surface area (Å²) in [6, 6.07) is 9.46. The molecule has 0 bridgehead atoms. The van der Waals surface area contributed by atoms with Crippen LogP contribution in [0.15, 0.2) is 44.4 Å². The molecule has 3 aromatic rings. The lowest BCUT2D eigenvalue weighted by Gasteiger charge is -2.27. The van der Waals surface area contributed by atoms with Crippen molar-refractivity contribution < 1.29 is 0 Å². The van der Waals surface area contributed by atoms with Gasteiger partial charge in [0.2, 0.25) is 5.95 Å². The Morgan fingerprint density at radius 2 is 1.26 bits per heavy atom. The largest absolute Gasteiger partial charge is 0.336 e. The Balaban J connectivity index is 2.06. The summed E-state index contributed by atoms with van der Waals surface area (Å²) in [5, 5.41) is 15.9. The Morgan fingerprint density at radius 1 is 0.824 bits per heavy atom. The van der Waals surface area contributed by atoms with Gasteiger partial charge >= 0.3 is 0 Å². The molecule has 0 unspecified atom stereocenters. The van der Waals surface area contributed by atoms with Crippen LogP contribution in [-0.2, 0) is 0 Å². The second-order valence-electron chi connectivity index (χ2n) is 8.09. The maximum atomic E-state index is 9.76. The highest BCUT2D eigenvalue weighted by molar-refractivity contribution is 8.00. The number of halogens is 4. The summed E-state index contributed by atoms with van der Waals surface area (Å²) in [6.45, 7) is 9.51. The van der Waals surface area contributed by atoms with Crippen molar-refractivity contribution in [3.8, 4) is 6.07 Å². The number of nitrogens with one attached hydrogen (secondary N) is 1. The standard InChI is InChI=1S/C23H21Cl4N5S2/c1-11(2)23(5,10-28)32-20-29-21(33-18-6-12(3)14(24)8-16(18)26)31-22(30-20)34-19-7-13(4)15(25)9-17(19)27/h6-9,11H,1-5H3,(H,29,30,31,32)/t23-/m0/s1. The fourth-order valence-corrected chi connectivity index (χ4v) is 5.40. The van der Waals surface area contributed by atoms with E-state index in [2.05, 4.69) is 26.3 Å². The normalized spacial score (nSPS) is 13.0. The van der Waals surface area contributed by atoms with E-state index in [1.54, 1.807) is 19.1 Å². The molecule has 1 aromatic heterocycles. The smallest absolute Gasteiger partial charge is 0.228 e. The summed E-state index contributed by atoms with van der Waals surface area (Å²) in [5.74, 6) is 0.282. The first kappa shape index (κ1) is 27.2. The quantitative estimate of drug-likeness (QED) is 0.303. The van der Waals surface area contributed by atoms with E-state index in [9.17, 15) is 5.26 Å². The molecular formula is C23H21Cl4N5S2. The van der Waals surface area contributed by atoms with Gasteiger partial charge in [-0.2, -0.15) is 20.2 Å². The highest BCUT2D eigenvalue weighted by Gasteiger charge is 2.29. The molecule has 11 heteroatoms. The average molecular weight is 573 g/mol. The third kappa shape index (κ3) is 6.42. The summed E-state index contributed by atoms with van der Waals surface area (Å²) in [6.07, 6.45) is 0. The molecule has 0 saturated carbocycles. The number of hydrogen-bond donors (Lipinski definition) is 1. The minimum absolute atomic E-state index is 0.00295. The molecule has 34 heavy (non-hydrogen) atoms. The SMILES string of the molecule is Cc1cc(Sc2nc(N[C@@](C)(C#N)C(C)C)nc(Sc3cc(C)c(Cl)cc3Cl)n2)c(Cl)cc1Cl. The van der Waals surface area contributed by atoms with Crippen LogP contribution in [0.2, 0.25) is 20.1 Å². The highest BCUT2D eigenvalue weighted by Crippen LogP contribution is 2.39. The van der Waals surface area contributed by atoms with Crippen LogP contribution in [-0.4, -0.2) is 20.5 Å². The molecule has 0 aliphatic heterocycles. The highest BCUT2D eigenvalue weighted by atomic mass is 35.5. The Bertz CT molecular complexity index is 1200. The van der Waals surface area contributed by atoms with Gasteiger partial charge in [-0.15, -0.1) is 0 Å². The monoisotopic (exact) mass is 571 g/mol. The summed E-state index contributed by atoms with van der Waals surface area (Å²) in [5.41, 5.74) is 0.889. The first-order chi connectivity index (χ1) is 15.9.